The first-order valence-electron chi connectivity index (χ1n) is 6.24. The van der Waals surface area contributed by atoms with Crippen LogP contribution in [0.4, 0.5) is 0 Å². The second-order valence-electron chi connectivity index (χ2n) is 4.11. The third-order valence-corrected chi connectivity index (χ3v) is 3.48. The minimum Gasteiger partial charge on any atom is -0.468 e. The van der Waals surface area contributed by atoms with Crippen molar-refractivity contribution in [2.75, 3.05) is 0 Å². The van der Waals surface area contributed by atoms with Gasteiger partial charge in [-0.2, -0.15) is 0 Å². The highest BCUT2D eigenvalue weighted by atomic mass is 32.2. The topological polar surface area (TPSA) is 30.2 Å². The number of allylic oxidation sites excluding steroid dienone is 1. The van der Waals surface area contributed by atoms with Crippen molar-refractivity contribution in [2.45, 2.75) is 18.6 Å². The SMILES string of the molecule is O=C(/C=C/CCc1ccccc1)SCc1ccco1. The Hall–Kier alpha value is -1.74. The molecular weight excluding hydrogens is 256 g/mol. The zero-order valence-corrected chi connectivity index (χ0v) is 11.4. The Bertz CT molecular complexity index is 515. The maximum Gasteiger partial charge on any atom is 0.212 e. The van der Waals surface area contributed by atoms with E-state index in [0.717, 1.165) is 18.6 Å². The summed E-state index contributed by atoms with van der Waals surface area (Å²) in [5, 5.41) is 0.0736. The quantitative estimate of drug-likeness (QED) is 0.737. The maximum atomic E-state index is 11.6. The summed E-state index contributed by atoms with van der Waals surface area (Å²) in [6.45, 7) is 0. The molecule has 2 rings (SSSR count). The average Bonchev–Trinajstić information content (AvgIpc) is 2.96. The van der Waals surface area contributed by atoms with E-state index >= 15 is 0 Å². The Kier molecular flexibility index (Phi) is 5.50. The minimum atomic E-state index is 0.0736. The van der Waals surface area contributed by atoms with Crippen molar-refractivity contribution < 1.29 is 9.21 Å². The van der Waals surface area contributed by atoms with Crippen LogP contribution in [-0.4, -0.2) is 5.12 Å². The van der Waals surface area contributed by atoms with E-state index in [2.05, 4.69) is 12.1 Å². The summed E-state index contributed by atoms with van der Waals surface area (Å²) in [7, 11) is 0. The molecule has 2 aromatic rings. The Morgan fingerprint density at radius 3 is 2.74 bits per heavy atom. The molecule has 0 amide bonds. The molecule has 0 N–H and O–H groups in total. The molecule has 0 aliphatic heterocycles. The number of carbonyl (C=O) groups is 1. The molecule has 0 bridgehead atoms. The predicted octanol–water partition coefficient (Wildman–Crippen LogP) is 4.23. The van der Waals surface area contributed by atoms with Crippen LogP contribution in [0.25, 0.3) is 0 Å². The molecule has 0 saturated heterocycles. The van der Waals surface area contributed by atoms with Crippen molar-refractivity contribution in [1.29, 1.82) is 0 Å². The fourth-order valence-electron chi connectivity index (χ4n) is 1.66. The van der Waals surface area contributed by atoms with Crippen molar-refractivity contribution in [2.24, 2.45) is 0 Å². The molecule has 2 nitrogen and oxygen atoms in total. The predicted molar refractivity (Wildman–Crippen MR) is 78.9 cm³/mol. The van der Waals surface area contributed by atoms with Gasteiger partial charge in [-0.3, -0.25) is 4.79 Å². The third kappa shape index (κ3) is 5.18. The van der Waals surface area contributed by atoms with Gasteiger partial charge >= 0.3 is 0 Å². The van der Waals surface area contributed by atoms with Gasteiger partial charge in [-0.1, -0.05) is 48.2 Å². The minimum absolute atomic E-state index is 0.0736. The van der Waals surface area contributed by atoms with E-state index < -0.39 is 0 Å². The van der Waals surface area contributed by atoms with Gasteiger partial charge < -0.3 is 4.42 Å². The van der Waals surface area contributed by atoms with E-state index in [1.807, 2.05) is 36.4 Å². The van der Waals surface area contributed by atoms with E-state index in [4.69, 9.17) is 4.42 Å². The summed E-state index contributed by atoms with van der Waals surface area (Å²) < 4.78 is 5.17. The monoisotopic (exact) mass is 272 g/mol. The number of aryl methyl sites for hydroxylation is 1. The summed E-state index contributed by atoms with van der Waals surface area (Å²) in [5.41, 5.74) is 1.29. The van der Waals surface area contributed by atoms with Gasteiger partial charge in [0.05, 0.1) is 12.0 Å². The third-order valence-electron chi connectivity index (χ3n) is 2.63. The lowest BCUT2D eigenvalue weighted by atomic mass is 10.1. The Morgan fingerprint density at radius 2 is 2.00 bits per heavy atom. The first kappa shape index (κ1) is 13.7. The van der Waals surface area contributed by atoms with E-state index in [1.54, 1.807) is 12.3 Å². The molecule has 1 aromatic heterocycles. The van der Waals surface area contributed by atoms with Crippen LogP contribution in [0.15, 0.2) is 65.3 Å². The molecule has 1 heterocycles. The standard InChI is InChI=1S/C16H16O2S/c17-16(19-13-15-10-6-12-18-15)11-5-4-9-14-7-2-1-3-8-14/h1-3,5-8,10-12H,4,9,13H2/b11-5+. The van der Waals surface area contributed by atoms with Gasteiger partial charge in [0, 0.05) is 0 Å². The molecule has 0 radical (unpaired) electrons. The zero-order valence-electron chi connectivity index (χ0n) is 10.6. The van der Waals surface area contributed by atoms with Crippen LogP contribution in [0.1, 0.15) is 17.7 Å². The molecule has 0 atom stereocenters. The van der Waals surface area contributed by atoms with Crippen LogP contribution in [0.2, 0.25) is 0 Å². The van der Waals surface area contributed by atoms with Gasteiger partial charge in [0.2, 0.25) is 5.12 Å². The molecular formula is C16H16O2S. The van der Waals surface area contributed by atoms with Crippen LogP contribution >= 0.6 is 11.8 Å². The number of hydrogen-bond donors (Lipinski definition) is 0. The summed E-state index contributed by atoms with van der Waals surface area (Å²) in [6.07, 6.45) is 7.06. The molecule has 0 unspecified atom stereocenters. The van der Waals surface area contributed by atoms with Crippen molar-refractivity contribution in [3.05, 3.63) is 72.2 Å². The van der Waals surface area contributed by atoms with E-state index in [-0.39, 0.29) is 5.12 Å². The molecule has 0 spiro atoms. The van der Waals surface area contributed by atoms with Gasteiger partial charge in [-0.15, -0.1) is 0 Å². The lowest BCUT2D eigenvalue weighted by Gasteiger charge is -1.96. The van der Waals surface area contributed by atoms with Gasteiger partial charge in [-0.25, -0.2) is 0 Å². The van der Waals surface area contributed by atoms with Crippen molar-refractivity contribution in [3.63, 3.8) is 0 Å². The van der Waals surface area contributed by atoms with Crippen LogP contribution in [0.5, 0.6) is 0 Å². The summed E-state index contributed by atoms with van der Waals surface area (Å²) in [5.74, 6) is 1.42. The molecule has 3 heteroatoms. The van der Waals surface area contributed by atoms with Gasteiger partial charge in [0.15, 0.2) is 0 Å². The van der Waals surface area contributed by atoms with Crippen molar-refractivity contribution in [1.82, 2.24) is 0 Å². The van der Waals surface area contributed by atoms with E-state index in [0.29, 0.717) is 5.75 Å². The Morgan fingerprint density at radius 1 is 1.16 bits per heavy atom. The maximum absolute atomic E-state index is 11.6. The molecule has 0 saturated carbocycles. The molecule has 0 fully saturated rings. The lowest BCUT2D eigenvalue weighted by molar-refractivity contribution is -0.107. The largest absolute Gasteiger partial charge is 0.468 e. The van der Waals surface area contributed by atoms with Gasteiger partial charge in [-0.05, 0) is 36.6 Å². The van der Waals surface area contributed by atoms with Crippen LogP contribution in [-0.2, 0) is 17.0 Å². The highest BCUT2D eigenvalue weighted by molar-refractivity contribution is 8.13. The summed E-state index contributed by atoms with van der Waals surface area (Å²) in [6, 6.07) is 14.0. The normalized spacial score (nSPS) is 10.9. The number of thioether (sulfide) groups is 1. The molecule has 19 heavy (non-hydrogen) atoms. The Balaban J connectivity index is 1.66. The second-order valence-corrected chi connectivity index (χ2v) is 5.09. The van der Waals surface area contributed by atoms with E-state index in [1.165, 1.54) is 17.3 Å². The first-order chi connectivity index (χ1) is 9.34. The number of benzene rings is 1. The number of carbonyl (C=O) groups excluding carboxylic acids is 1. The molecule has 1 aromatic carbocycles. The van der Waals surface area contributed by atoms with Gasteiger partial charge in [0.25, 0.3) is 0 Å². The highest BCUT2D eigenvalue weighted by Crippen LogP contribution is 2.14. The smallest absolute Gasteiger partial charge is 0.212 e. The number of hydrogen-bond acceptors (Lipinski definition) is 3. The van der Waals surface area contributed by atoms with Gasteiger partial charge in [0.1, 0.15) is 5.76 Å². The fraction of sp³-hybridized carbons (Fsp3) is 0.188. The molecule has 98 valence electrons. The molecule has 0 aliphatic carbocycles. The number of rotatable bonds is 6. The average molecular weight is 272 g/mol. The number of furan rings is 1. The first-order valence-corrected chi connectivity index (χ1v) is 7.23. The van der Waals surface area contributed by atoms with E-state index in [9.17, 15) is 4.79 Å². The van der Waals surface area contributed by atoms with Crippen molar-refractivity contribution in [3.8, 4) is 0 Å². The highest BCUT2D eigenvalue weighted by Gasteiger charge is 2.00. The zero-order chi connectivity index (χ0) is 13.3. The van der Waals surface area contributed by atoms with Crippen molar-refractivity contribution >= 4 is 16.9 Å². The van der Waals surface area contributed by atoms with Crippen LogP contribution < -0.4 is 0 Å². The Labute approximate surface area is 117 Å². The molecule has 0 aliphatic rings. The fourth-order valence-corrected chi connectivity index (χ4v) is 2.30. The van der Waals surface area contributed by atoms with Crippen LogP contribution in [0, 0.1) is 0 Å². The summed E-state index contributed by atoms with van der Waals surface area (Å²) >= 11 is 1.26. The lowest BCUT2D eigenvalue weighted by Crippen LogP contribution is -1.87. The summed E-state index contributed by atoms with van der Waals surface area (Å²) in [4.78, 5) is 11.6. The van der Waals surface area contributed by atoms with Crippen LogP contribution in [0.3, 0.4) is 0 Å². The second kappa shape index (κ2) is 7.64.